The van der Waals surface area contributed by atoms with Crippen molar-refractivity contribution in [2.75, 3.05) is 31.5 Å². The summed E-state index contributed by atoms with van der Waals surface area (Å²) in [6, 6.07) is 5.20. The van der Waals surface area contributed by atoms with Gasteiger partial charge < -0.3 is 10.6 Å². The number of nitrogens with zero attached hydrogens (tertiary/aromatic N) is 1. The highest BCUT2D eigenvalue weighted by molar-refractivity contribution is 7.89. The van der Waals surface area contributed by atoms with Crippen LogP contribution in [-0.2, 0) is 21.2 Å². The fourth-order valence-electron chi connectivity index (χ4n) is 2.73. The number of amides is 1. The Bertz CT molecular complexity index is 657. The summed E-state index contributed by atoms with van der Waals surface area (Å²) in [5.41, 5.74) is 2.04. The summed E-state index contributed by atoms with van der Waals surface area (Å²) in [6.07, 6.45) is 2.66. The average molecular weight is 309 g/mol. The normalized spacial score (nSPS) is 20.1. The molecule has 1 amide bonds. The van der Waals surface area contributed by atoms with Gasteiger partial charge >= 0.3 is 0 Å². The maximum Gasteiger partial charge on any atom is 0.243 e. The van der Waals surface area contributed by atoms with Gasteiger partial charge in [-0.3, -0.25) is 4.79 Å². The van der Waals surface area contributed by atoms with E-state index < -0.39 is 10.0 Å². The first-order valence-corrected chi connectivity index (χ1v) is 8.65. The molecular weight excluding hydrogens is 290 g/mol. The number of sulfonamides is 1. The van der Waals surface area contributed by atoms with Crippen molar-refractivity contribution in [2.45, 2.75) is 24.2 Å². The Morgan fingerprint density at radius 3 is 2.76 bits per heavy atom. The van der Waals surface area contributed by atoms with E-state index in [4.69, 9.17) is 0 Å². The highest BCUT2D eigenvalue weighted by Crippen LogP contribution is 2.27. The number of benzene rings is 1. The van der Waals surface area contributed by atoms with E-state index in [1.807, 2.05) is 6.07 Å². The van der Waals surface area contributed by atoms with E-state index in [2.05, 4.69) is 10.6 Å². The van der Waals surface area contributed by atoms with E-state index >= 15 is 0 Å². The van der Waals surface area contributed by atoms with Crippen LogP contribution in [0.4, 0.5) is 5.69 Å². The predicted octanol–water partition coefficient (Wildman–Crippen LogP) is 0.555. The first-order chi connectivity index (χ1) is 10.1. The SMILES string of the molecule is O=C1CN(S(=O)(=O)c2ccc3c(c2)NCCC3)CCCN1. The summed E-state index contributed by atoms with van der Waals surface area (Å²) in [7, 11) is -3.62. The fraction of sp³-hybridized carbons (Fsp3) is 0.500. The molecule has 0 saturated carbocycles. The fourth-order valence-corrected chi connectivity index (χ4v) is 4.19. The molecule has 0 unspecified atom stereocenters. The number of fused-ring (bicyclic) bond motifs is 1. The van der Waals surface area contributed by atoms with Crippen molar-refractivity contribution in [3.63, 3.8) is 0 Å². The molecule has 2 heterocycles. The van der Waals surface area contributed by atoms with Crippen LogP contribution in [0.2, 0.25) is 0 Å². The summed E-state index contributed by atoms with van der Waals surface area (Å²) in [6.45, 7) is 1.65. The first kappa shape index (κ1) is 14.3. The Morgan fingerprint density at radius 1 is 1.10 bits per heavy atom. The van der Waals surface area contributed by atoms with Crippen LogP contribution < -0.4 is 10.6 Å². The van der Waals surface area contributed by atoms with Gasteiger partial charge in [-0.2, -0.15) is 4.31 Å². The molecule has 0 radical (unpaired) electrons. The third-order valence-corrected chi connectivity index (χ3v) is 5.73. The van der Waals surface area contributed by atoms with Crippen LogP contribution >= 0.6 is 0 Å². The van der Waals surface area contributed by atoms with E-state index in [1.54, 1.807) is 12.1 Å². The second-order valence-electron chi connectivity index (χ2n) is 5.39. The molecule has 114 valence electrons. The molecule has 1 saturated heterocycles. The van der Waals surface area contributed by atoms with Gasteiger partial charge in [-0.25, -0.2) is 8.42 Å². The maximum absolute atomic E-state index is 12.7. The zero-order valence-corrected chi connectivity index (χ0v) is 12.6. The molecule has 0 bridgehead atoms. The molecule has 0 atom stereocenters. The van der Waals surface area contributed by atoms with Crippen molar-refractivity contribution in [3.05, 3.63) is 23.8 Å². The molecular formula is C14H19N3O3S. The minimum Gasteiger partial charge on any atom is -0.385 e. The van der Waals surface area contributed by atoms with Gasteiger partial charge in [0.2, 0.25) is 15.9 Å². The second-order valence-corrected chi connectivity index (χ2v) is 7.33. The molecule has 0 aromatic heterocycles. The third kappa shape index (κ3) is 2.89. The van der Waals surface area contributed by atoms with Crippen LogP contribution in [0.15, 0.2) is 23.1 Å². The molecule has 0 spiro atoms. The van der Waals surface area contributed by atoms with Crippen molar-refractivity contribution in [1.82, 2.24) is 9.62 Å². The molecule has 1 fully saturated rings. The van der Waals surface area contributed by atoms with Crippen LogP contribution in [-0.4, -0.2) is 44.8 Å². The lowest BCUT2D eigenvalue weighted by Gasteiger charge is -2.22. The Kier molecular flexibility index (Phi) is 3.86. The van der Waals surface area contributed by atoms with E-state index in [0.29, 0.717) is 19.5 Å². The van der Waals surface area contributed by atoms with Crippen LogP contribution in [0.5, 0.6) is 0 Å². The molecule has 6 nitrogen and oxygen atoms in total. The lowest BCUT2D eigenvalue weighted by molar-refractivity contribution is -0.120. The van der Waals surface area contributed by atoms with Gasteiger partial charge in [-0.05, 0) is 37.0 Å². The van der Waals surface area contributed by atoms with Crippen molar-refractivity contribution in [2.24, 2.45) is 0 Å². The van der Waals surface area contributed by atoms with Crippen LogP contribution in [0.3, 0.4) is 0 Å². The van der Waals surface area contributed by atoms with Crippen LogP contribution in [0, 0.1) is 0 Å². The smallest absolute Gasteiger partial charge is 0.243 e. The number of rotatable bonds is 2. The molecule has 1 aromatic rings. The number of hydrogen-bond donors (Lipinski definition) is 2. The summed E-state index contributed by atoms with van der Waals surface area (Å²) < 4.78 is 26.6. The number of hydrogen-bond acceptors (Lipinski definition) is 4. The summed E-state index contributed by atoms with van der Waals surface area (Å²) in [5.74, 6) is -0.243. The second kappa shape index (κ2) is 5.65. The zero-order valence-electron chi connectivity index (χ0n) is 11.8. The molecule has 0 aliphatic carbocycles. The van der Waals surface area contributed by atoms with Crippen molar-refractivity contribution in [1.29, 1.82) is 0 Å². The molecule has 2 aliphatic heterocycles. The molecule has 7 heteroatoms. The maximum atomic E-state index is 12.7. The summed E-state index contributed by atoms with van der Waals surface area (Å²) >= 11 is 0. The van der Waals surface area contributed by atoms with Crippen LogP contribution in [0.1, 0.15) is 18.4 Å². The average Bonchev–Trinajstić information content (AvgIpc) is 2.72. The summed E-state index contributed by atoms with van der Waals surface area (Å²) in [5, 5.41) is 5.93. The number of nitrogens with one attached hydrogen (secondary N) is 2. The zero-order chi connectivity index (χ0) is 14.9. The number of carbonyl (C=O) groups excluding carboxylic acids is 1. The van der Waals surface area contributed by atoms with Gasteiger partial charge in [-0.15, -0.1) is 0 Å². The molecule has 2 aliphatic rings. The molecule has 3 rings (SSSR count). The van der Waals surface area contributed by atoms with Gasteiger partial charge in [0.15, 0.2) is 0 Å². The van der Waals surface area contributed by atoms with Gasteiger partial charge in [0.1, 0.15) is 0 Å². The summed E-state index contributed by atoms with van der Waals surface area (Å²) in [4.78, 5) is 11.8. The minimum absolute atomic E-state index is 0.104. The minimum atomic E-state index is -3.62. The first-order valence-electron chi connectivity index (χ1n) is 7.21. The van der Waals surface area contributed by atoms with Crippen molar-refractivity contribution < 1.29 is 13.2 Å². The highest BCUT2D eigenvalue weighted by atomic mass is 32.2. The Labute approximate surface area is 124 Å². The quantitative estimate of drug-likeness (QED) is 0.836. The molecule has 21 heavy (non-hydrogen) atoms. The largest absolute Gasteiger partial charge is 0.385 e. The molecule has 1 aromatic carbocycles. The topological polar surface area (TPSA) is 78.5 Å². The van der Waals surface area contributed by atoms with E-state index in [9.17, 15) is 13.2 Å². The van der Waals surface area contributed by atoms with E-state index in [-0.39, 0.29) is 17.3 Å². The van der Waals surface area contributed by atoms with E-state index in [1.165, 1.54) is 4.31 Å². The number of anilines is 1. The monoisotopic (exact) mass is 309 g/mol. The Balaban J connectivity index is 1.92. The Morgan fingerprint density at radius 2 is 1.90 bits per heavy atom. The van der Waals surface area contributed by atoms with Crippen LogP contribution in [0.25, 0.3) is 0 Å². The van der Waals surface area contributed by atoms with Crippen molar-refractivity contribution in [3.8, 4) is 0 Å². The van der Waals surface area contributed by atoms with E-state index in [0.717, 1.165) is 30.6 Å². The van der Waals surface area contributed by atoms with Gasteiger partial charge in [-0.1, -0.05) is 6.07 Å². The predicted molar refractivity (Wildman–Crippen MR) is 79.6 cm³/mol. The van der Waals surface area contributed by atoms with Crippen molar-refractivity contribution >= 4 is 21.6 Å². The van der Waals surface area contributed by atoms with Gasteiger partial charge in [0, 0.05) is 25.3 Å². The van der Waals surface area contributed by atoms with Gasteiger partial charge in [0.05, 0.1) is 11.4 Å². The molecule has 2 N–H and O–H groups in total. The highest BCUT2D eigenvalue weighted by Gasteiger charge is 2.28. The number of aryl methyl sites for hydroxylation is 1. The van der Waals surface area contributed by atoms with Gasteiger partial charge in [0.25, 0.3) is 0 Å². The standard InChI is InChI=1S/C14H19N3O3S/c18-14-10-17(8-2-7-16-14)21(19,20)12-5-4-11-3-1-6-15-13(11)9-12/h4-5,9,15H,1-3,6-8,10H2,(H,16,18). The Hall–Kier alpha value is -1.60. The lowest BCUT2D eigenvalue weighted by Crippen LogP contribution is -2.37. The lowest BCUT2D eigenvalue weighted by atomic mass is 10.0. The number of carbonyl (C=O) groups is 1. The third-order valence-electron chi connectivity index (χ3n) is 3.88.